The van der Waals surface area contributed by atoms with Crippen molar-refractivity contribution >= 4 is 23.2 Å². The van der Waals surface area contributed by atoms with Crippen LogP contribution >= 0.6 is 11.6 Å². The highest BCUT2D eigenvalue weighted by atomic mass is 35.5. The number of aromatic nitrogens is 1. The zero-order valence-corrected chi connectivity index (χ0v) is 14.3. The molecule has 1 amide bonds. The first-order chi connectivity index (χ1) is 11.1. The number of halogens is 1. The molecule has 23 heavy (non-hydrogen) atoms. The summed E-state index contributed by atoms with van der Waals surface area (Å²) in [4.78, 5) is 16.3. The van der Waals surface area contributed by atoms with Gasteiger partial charge in [-0.15, -0.1) is 0 Å². The summed E-state index contributed by atoms with van der Waals surface area (Å²) < 4.78 is 2.04. The van der Waals surface area contributed by atoms with Crippen molar-refractivity contribution in [2.75, 3.05) is 31.1 Å². The van der Waals surface area contributed by atoms with Crippen LogP contribution in [0.3, 0.4) is 0 Å². The number of piperazine rings is 1. The van der Waals surface area contributed by atoms with Crippen LogP contribution in [-0.4, -0.2) is 41.6 Å². The molecule has 2 aromatic rings. The van der Waals surface area contributed by atoms with E-state index in [2.05, 4.69) is 17.0 Å². The molecule has 1 fully saturated rings. The summed E-state index contributed by atoms with van der Waals surface area (Å²) in [5.41, 5.74) is 2.09. The van der Waals surface area contributed by atoms with Crippen LogP contribution in [0.15, 0.2) is 42.7 Å². The van der Waals surface area contributed by atoms with Gasteiger partial charge in [0.15, 0.2) is 0 Å². The lowest BCUT2D eigenvalue weighted by atomic mass is 10.1. The third kappa shape index (κ3) is 3.37. The molecule has 0 atom stereocenters. The first-order valence-electron chi connectivity index (χ1n) is 8.03. The first kappa shape index (κ1) is 15.9. The van der Waals surface area contributed by atoms with E-state index < -0.39 is 0 Å². The van der Waals surface area contributed by atoms with E-state index in [-0.39, 0.29) is 11.8 Å². The van der Waals surface area contributed by atoms with E-state index in [1.807, 2.05) is 53.9 Å². The molecular weight excluding hydrogens is 310 g/mol. The Labute approximate surface area is 142 Å². The third-order valence-electron chi connectivity index (χ3n) is 4.26. The fourth-order valence-electron chi connectivity index (χ4n) is 2.95. The minimum atomic E-state index is 0.0611. The fourth-order valence-corrected chi connectivity index (χ4v) is 3.25. The fraction of sp³-hybridized carbons (Fsp3) is 0.389. The van der Waals surface area contributed by atoms with E-state index >= 15 is 0 Å². The molecule has 122 valence electrons. The van der Waals surface area contributed by atoms with Crippen molar-refractivity contribution in [3.8, 4) is 5.69 Å². The minimum Gasteiger partial charge on any atom is -0.367 e. The van der Waals surface area contributed by atoms with Crippen molar-refractivity contribution in [1.29, 1.82) is 0 Å². The van der Waals surface area contributed by atoms with Crippen LogP contribution in [0.4, 0.5) is 5.69 Å². The molecule has 0 unspecified atom stereocenters. The van der Waals surface area contributed by atoms with Crippen LogP contribution in [0.25, 0.3) is 5.69 Å². The van der Waals surface area contributed by atoms with Gasteiger partial charge >= 0.3 is 0 Å². The molecule has 0 aliphatic carbocycles. The van der Waals surface area contributed by atoms with Crippen LogP contribution in [-0.2, 0) is 4.79 Å². The lowest BCUT2D eigenvalue weighted by Crippen LogP contribution is -2.50. The number of rotatable bonds is 3. The molecule has 1 aliphatic rings. The highest BCUT2D eigenvalue weighted by molar-refractivity contribution is 6.33. The van der Waals surface area contributed by atoms with Crippen molar-refractivity contribution in [3.05, 3.63) is 47.7 Å². The molecule has 1 aromatic heterocycles. The number of anilines is 1. The largest absolute Gasteiger partial charge is 0.367 e. The molecule has 0 spiro atoms. The maximum absolute atomic E-state index is 12.1. The number of hydrogen-bond acceptors (Lipinski definition) is 2. The number of nitrogens with zero attached hydrogens (tertiary/aromatic N) is 3. The second-order valence-electron chi connectivity index (χ2n) is 6.19. The van der Waals surface area contributed by atoms with Crippen LogP contribution in [0.2, 0.25) is 5.02 Å². The van der Waals surface area contributed by atoms with Gasteiger partial charge in [0.1, 0.15) is 0 Å². The molecule has 5 heteroatoms. The SMILES string of the molecule is CC(C)C(=O)N1CCN(c2ccc(-n3cccc3)cc2Cl)CC1. The molecule has 0 N–H and O–H groups in total. The molecule has 0 radical (unpaired) electrons. The van der Waals surface area contributed by atoms with E-state index in [0.29, 0.717) is 0 Å². The molecular formula is C18H22ClN3O. The Morgan fingerprint density at radius 3 is 2.30 bits per heavy atom. The number of benzene rings is 1. The molecule has 1 aliphatic heterocycles. The Bertz CT molecular complexity index is 674. The molecule has 4 nitrogen and oxygen atoms in total. The normalized spacial score (nSPS) is 15.3. The van der Waals surface area contributed by atoms with Crippen molar-refractivity contribution in [1.82, 2.24) is 9.47 Å². The zero-order valence-electron chi connectivity index (χ0n) is 13.6. The van der Waals surface area contributed by atoms with Crippen LogP contribution < -0.4 is 4.90 Å². The van der Waals surface area contributed by atoms with Crippen molar-refractivity contribution in [3.63, 3.8) is 0 Å². The third-order valence-corrected chi connectivity index (χ3v) is 4.56. The Balaban J connectivity index is 1.70. The average molecular weight is 332 g/mol. The monoisotopic (exact) mass is 331 g/mol. The topological polar surface area (TPSA) is 28.5 Å². The summed E-state index contributed by atoms with van der Waals surface area (Å²) in [6.45, 7) is 7.05. The van der Waals surface area contributed by atoms with Crippen LogP contribution in [0.5, 0.6) is 0 Å². The van der Waals surface area contributed by atoms with E-state index in [1.165, 1.54) is 0 Å². The Hall–Kier alpha value is -1.94. The average Bonchev–Trinajstić information content (AvgIpc) is 3.08. The number of carbonyl (C=O) groups excluding carboxylic acids is 1. The molecule has 3 rings (SSSR count). The van der Waals surface area contributed by atoms with Crippen LogP contribution in [0, 0.1) is 5.92 Å². The van der Waals surface area contributed by atoms with Gasteiger partial charge in [-0.05, 0) is 30.3 Å². The second kappa shape index (κ2) is 6.67. The van der Waals surface area contributed by atoms with Crippen molar-refractivity contribution in [2.24, 2.45) is 5.92 Å². The van der Waals surface area contributed by atoms with Gasteiger partial charge in [-0.1, -0.05) is 25.4 Å². The van der Waals surface area contributed by atoms with Gasteiger partial charge in [0.2, 0.25) is 5.91 Å². The van der Waals surface area contributed by atoms with E-state index in [9.17, 15) is 4.79 Å². The smallest absolute Gasteiger partial charge is 0.225 e. The highest BCUT2D eigenvalue weighted by Crippen LogP contribution is 2.29. The van der Waals surface area contributed by atoms with Gasteiger partial charge in [0.05, 0.1) is 10.7 Å². The van der Waals surface area contributed by atoms with Gasteiger partial charge < -0.3 is 14.4 Å². The molecule has 2 heterocycles. The molecule has 0 bridgehead atoms. The van der Waals surface area contributed by atoms with Crippen molar-refractivity contribution < 1.29 is 4.79 Å². The molecule has 1 aromatic carbocycles. The lowest BCUT2D eigenvalue weighted by molar-refractivity contribution is -0.134. The number of carbonyl (C=O) groups is 1. The van der Waals surface area contributed by atoms with Crippen LogP contribution in [0.1, 0.15) is 13.8 Å². The van der Waals surface area contributed by atoms with Gasteiger partial charge in [-0.3, -0.25) is 4.79 Å². The summed E-state index contributed by atoms with van der Waals surface area (Å²) in [6, 6.07) is 10.1. The second-order valence-corrected chi connectivity index (χ2v) is 6.60. The Morgan fingerprint density at radius 1 is 1.09 bits per heavy atom. The van der Waals surface area contributed by atoms with Crippen molar-refractivity contribution in [2.45, 2.75) is 13.8 Å². The molecule has 0 saturated carbocycles. The number of hydrogen-bond donors (Lipinski definition) is 0. The Kier molecular flexibility index (Phi) is 4.62. The standard InChI is InChI=1S/C18H22ClN3O/c1-14(2)18(23)22-11-9-21(10-12-22)17-6-5-15(13-16(17)19)20-7-3-4-8-20/h3-8,13-14H,9-12H2,1-2H3. The van der Waals surface area contributed by atoms with E-state index in [4.69, 9.17) is 11.6 Å². The van der Waals surface area contributed by atoms with E-state index in [0.717, 1.165) is 42.6 Å². The maximum Gasteiger partial charge on any atom is 0.225 e. The summed E-state index contributed by atoms with van der Waals surface area (Å²) in [5.74, 6) is 0.296. The quantitative estimate of drug-likeness (QED) is 0.862. The lowest BCUT2D eigenvalue weighted by Gasteiger charge is -2.37. The Morgan fingerprint density at radius 2 is 1.74 bits per heavy atom. The molecule has 1 saturated heterocycles. The van der Waals surface area contributed by atoms with Gasteiger partial charge in [0, 0.05) is 50.2 Å². The zero-order chi connectivity index (χ0) is 16.4. The summed E-state index contributed by atoms with van der Waals surface area (Å²) in [5, 5.41) is 0.750. The van der Waals surface area contributed by atoms with Gasteiger partial charge in [-0.2, -0.15) is 0 Å². The van der Waals surface area contributed by atoms with Gasteiger partial charge in [0.25, 0.3) is 0 Å². The predicted octanol–water partition coefficient (Wildman–Crippen LogP) is 3.44. The summed E-state index contributed by atoms with van der Waals surface area (Å²) in [6.07, 6.45) is 4.00. The predicted molar refractivity (Wildman–Crippen MR) is 94.4 cm³/mol. The van der Waals surface area contributed by atoms with E-state index in [1.54, 1.807) is 0 Å². The summed E-state index contributed by atoms with van der Waals surface area (Å²) >= 11 is 6.49. The first-order valence-corrected chi connectivity index (χ1v) is 8.40. The minimum absolute atomic E-state index is 0.0611. The summed E-state index contributed by atoms with van der Waals surface area (Å²) in [7, 11) is 0. The number of amides is 1. The highest BCUT2D eigenvalue weighted by Gasteiger charge is 2.23. The maximum atomic E-state index is 12.1. The van der Waals surface area contributed by atoms with Gasteiger partial charge in [-0.25, -0.2) is 0 Å².